The molecule has 3 aromatic rings. The van der Waals surface area contributed by atoms with Crippen LogP contribution in [0.2, 0.25) is 0 Å². The molecule has 0 radical (unpaired) electrons. The molecule has 2 amide bonds. The van der Waals surface area contributed by atoms with Gasteiger partial charge in [0.05, 0.1) is 12.8 Å². The number of benzene rings is 1. The average molecular weight is 364 g/mol. The largest absolute Gasteiger partial charge is 0.467 e. The summed E-state index contributed by atoms with van der Waals surface area (Å²) in [5.41, 5.74) is 1.29. The number of rotatable bonds is 5. The van der Waals surface area contributed by atoms with Gasteiger partial charge in [0.25, 0.3) is 11.8 Å². The number of furan rings is 1. The summed E-state index contributed by atoms with van der Waals surface area (Å²) in [6, 6.07) is 13.4. The summed E-state index contributed by atoms with van der Waals surface area (Å²) in [7, 11) is 1.74. The predicted molar refractivity (Wildman–Crippen MR) is 97.9 cm³/mol. The third kappa shape index (κ3) is 3.48. The third-order valence-corrected chi connectivity index (χ3v) is 4.64. The van der Waals surface area contributed by atoms with E-state index in [1.807, 2.05) is 36.4 Å². The first-order valence-corrected chi connectivity index (χ1v) is 8.80. The average Bonchev–Trinajstić information content (AvgIpc) is 3.34. The summed E-state index contributed by atoms with van der Waals surface area (Å²) >= 11 is 0. The molecular formula is C20H20N4O3. The Kier molecular flexibility index (Phi) is 4.50. The van der Waals surface area contributed by atoms with Gasteiger partial charge in [0.2, 0.25) is 0 Å². The first kappa shape index (κ1) is 17.1. The van der Waals surface area contributed by atoms with Crippen molar-refractivity contribution in [3.63, 3.8) is 0 Å². The Bertz CT molecular complexity index is 947. The van der Waals surface area contributed by atoms with Crippen LogP contribution in [0.4, 0.5) is 0 Å². The lowest BCUT2D eigenvalue weighted by molar-refractivity contribution is 0.0712. The second kappa shape index (κ2) is 7.11. The van der Waals surface area contributed by atoms with E-state index in [-0.39, 0.29) is 17.5 Å². The molecule has 138 valence electrons. The zero-order valence-corrected chi connectivity index (χ0v) is 15.0. The highest BCUT2D eigenvalue weighted by molar-refractivity contribution is 5.96. The molecule has 7 nitrogen and oxygen atoms in total. The number of carbonyl (C=O) groups is 2. The Labute approximate surface area is 156 Å². The molecule has 7 heteroatoms. The van der Waals surface area contributed by atoms with Crippen LogP contribution in [-0.2, 0) is 19.6 Å². The molecule has 0 bridgehead atoms. The second-order valence-electron chi connectivity index (χ2n) is 6.60. The zero-order chi connectivity index (χ0) is 18.8. The van der Waals surface area contributed by atoms with Gasteiger partial charge in [-0.3, -0.25) is 9.59 Å². The molecule has 2 aromatic heterocycles. The van der Waals surface area contributed by atoms with Gasteiger partial charge in [0.1, 0.15) is 11.5 Å². The first-order valence-electron chi connectivity index (χ1n) is 8.80. The molecule has 0 aliphatic carbocycles. The molecule has 0 fully saturated rings. The van der Waals surface area contributed by atoms with E-state index in [0.717, 1.165) is 5.56 Å². The summed E-state index contributed by atoms with van der Waals surface area (Å²) in [6.07, 6.45) is 3.26. The molecule has 0 spiro atoms. The molecule has 0 saturated heterocycles. The Balaban J connectivity index is 1.62. The van der Waals surface area contributed by atoms with Gasteiger partial charge in [-0.1, -0.05) is 30.3 Å². The number of hydrogen-bond acceptors (Lipinski definition) is 4. The highest BCUT2D eigenvalue weighted by Gasteiger charge is 2.28. The predicted octanol–water partition coefficient (Wildman–Crippen LogP) is 2.40. The molecular weight excluding hydrogens is 344 g/mol. The fourth-order valence-corrected chi connectivity index (χ4v) is 3.15. The number of carbonyl (C=O) groups excluding carboxylic acids is 2. The fourth-order valence-electron chi connectivity index (χ4n) is 3.15. The van der Waals surface area contributed by atoms with Crippen molar-refractivity contribution in [3.8, 4) is 0 Å². The molecule has 0 saturated carbocycles. The minimum absolute atomic E-state index is 0.166. The smallest absolute Gasteiger partial charge is 0.289 e. The van der Waals surface area contributed by atoms with Gasteiger partial charge in [0.15, 0.2) is 5.82 Å². The maximum atomic E-state index is 13.2. The lowest BCUT2D eigenvalue weighted by Gasteiger charge is -2.22. The Morgan fingerprint density at radius 2 is 1.96 bits per heavy atom. The number of hydrogen-bond donors (Lipinski definition) is 0. The molecule has 4 rings (SSSR count). The van der Waals surface area contributed by atoms with Crippen LogP contribution in [0.25, 0.3) is 0 Å². The van der Waals surface area contributed by atoms with Gasteiger partial charge in [0, 0.05) is 32.9 Å². The van der Waals surface area contributed by atoms with E-state index in [1.54, 1.807) is 39.9 Å². The van der Waals surface area contributed by atoms with Gasteiger partial charge in [-0.25, -0.2) is 4.98 Å². The van der Waals surface area contributed by atoms with Crippen molar-refractivity contribution in [1.29, 1.82) is 0 Å². The van der Waals surface area contributed by atoms with Crippen molar-refractivity contribution in [2.75, 3.05) is 13.6 Å². The van der Waals surface area contributed by atoms with Crippen LogP contribution in [-0.4, -0.2) is 44.8 Å². The summed E-state index contributed by atoms with van der Waals surface area (Å²) in [5.74, 6) is 0.609. The number of nitrogens with zero attached hydrogens (tertiary/aromatic N) is 4. The van der Waals surface area contributed by atoms with Crippen molar-refractivity contribution in [1.82, 2.24) is 19.4 Å². The van der Waals surface area contributed by atoms with Crippen LogP contribution >= 0.6 is 0 Å². The van der Waals surface area contributed by atoms with Crippen LogP contribution in [0, 0.1) is 0 Å². The highest BCUT2D eigenvalue weighted by atomic mass is 16.3. The SMILES string of the molecule is CN1CCn2cc(C(=O)N(Cc3ccccc3)Cc3ccco3)nc2C1=O. The lowest BCUT2D eigenvalue weighted by Crippen LogP contribution is -2.37. The standard InChI is InChI=1S/C20H20N4O3/c1-22-9-10-23-14-17(21-18(23)20(22)26)19(25)24(13-16-8-5-11-27-16)12-15-6-3-2-4-7-15/h2-8,11,14H,9-10,12-13H2,1H3. The van der Waals surface area contributed by atoms with E-state index in [2.05, 4.69) is 4.98 Å². The number of fused-ring (bicyclic) bond motifs is 1. The van der Waals surface area contributed by atoms with Gasteiger partial charge in [-0.2, -0.15) is 0 Å². The topological polar surface area (TPSA) is 71.6 Å². The quantitative estimate of drug-likeness (QED) is 0.697. The third-order valence-electron chi connectivity index (χ3n) is 4.64. The summed E-state index contributed by atoms with van der Waals surface area (Å²) in [5, 5.41) is 0. The van der Waals surface area contributed by atoms with Gasteiger partial charge >= 0.3 is 0 Å². The molecule has 3 heterocycles. The van der Waals surface area contributed by atoms with E-state index < -0.39 is 0 Å². The molecule has 1 aromatic carbocycles. The monoisotopic (exact) mass is 364 g/mol. The van der Waals surface area contributed by atoms with Crippen molar-refractivity contribution in [2.24, 2.45) is 0 Å². The Hall–Kier alpha value is -3.35. The van der Waals surface area contributed by atoms with Crippen LogP contribution < -0.4 is 0 Å². The molecule has 0 unspecified atom stereocenters. The van der Waals surface area contributed by atoms with E-state index in [4.69, 9.17) is 4.42 Å². The molecule has 1 aliphatic heterocycles. The van der Waals surface area contributed by atoms with Crippen molar-refractivity contribution < 1.29 is 14.0 Å². The van der Waals surface area contributed by atoms with Crippen molar-refractivity contribution in [2.45, 2.75) is 19.6 Å². The van der Waals surface area contributed by atoms with E-state index >= 15 is 0 Å². The van der Waals surface area contributed by atoms with E-state index in [9.17, 15) is 9.59 Å². The maximum Gasteiger partial charge on any atom is 0.289 e. The normalized spacial score (nSPS) is 13.5. The van der Waals surface area contributed by atoms with Crippen molar-refractivity contribution >= 4 is 11.8 Å². The lowest BCUT2D eigenvalue weighted by atomic mass is 10.2. The minimum atomic E-state index is -0.229. The Morgan fingerprint density at radius 1 is 1.15 bits per heavy atom. The zero-order valence-electron chi connectivity index (χ0n) is 15.0. The van der Waals surface area contributed by atoms with Crippen LogP contribution in [0.15, 0.2) is 59.3 Å². The summed E-state index contributed by atoms with van der Waals surface area (Å²) in [4.78, 5) is 33.1. The molecule has 27 heavy (non-hydrogen) atoms. The Morgan fingerprint density at radius 3 is 2.70 bits per heavy atom. The minimum Gasteiger partial charge on any atom is -0.467 e. The van der Waals surface area contributed by atoms with Gasteiger partial charge in [-0.05, 0) is 17.7 Å². The van der Waals surface area contributed by atoms with Crippen LogP contribution in [0.5, 0.6) is 0 Å². The highest BCUT2D eigenvalue weighted by Crippen LogP contribution is 2.17. The number of amides is 2. The second-order valence-corrected chi connectivity index (χ2v) is 6.60. The van der Waals surface area contributed by atoms with Crippen molar-refractivity contribution in [3.05, 3.63) is 77.8 Å². The molecule has 1 aliphatic rings. The number of likely N-dealkylation sites (N-methyl/N-ethyl adjacent to an activating group) is 1. The first-order chi connectivity index (χ1) is 13.1. The maximum absolute atomic E-state index is 13.2. The van der Waals surface area contributed by atoms with Crippen LogP contribution in [0.3, 0.4) is 0 Å². The van der Waals surface area contributed by atoms with E-state index in [0.29, 0.717) is 37.8 Å². The van der Waals surface area contributed by atoms with Crippen LogP contribution in [0.1, 0.15) is 32.4 Å². The molecule has 0 atom stereocenters. The summed E-state index contributed by atoms with van der Waals surface area (Å²) < 4.78 is 7.17. The fraction of sp³-hybridized carbons (Fsp3) is 0.250. The number of aromatic nitrogens is 2. The van der Waals surface area contributed by atoms with E-state index in [1.165, 1.54) is 0 Å². The van der Waals surface area contributed by atoms with Gasteiger partial charge in [-0.15, -0.1) is 0 Å². The van der Waals surface area contributed by atoms with Gasteiger partial charge < -0.3 is 18.8 Å². The summed E-state index contributed by atoms with van der Waals surface area (Å²) in [6.45, 7) is 2.00. The molecule has 0 N–H and O–H groups in total. The number of imidazole rings is 1.